The van der Waals surface area contributed by atoms with Crippen molar-refractivity contribution in [3.63, 3.8) is 0 Å². The summed E-state index contributed by atoms with van der Waals surface area (Å²) >= 11 is 9.37. The molecule has 0 atom stereocenters. The fraction of sp³-hybridized carbons (Fsp3) is 0.222. The second-order valence-corrected chi connectivity index (χ2v) is 4.53. The van der Waals surface area contributed by atoms with Crippen LogP contribution in [-0.4, -0.2) is 20.9 Å². The molecular weight excluding hydrogens is 286 g/mol. The molecule has 0 N–H and O–H groups in total. The van der Waals surface area contributed by atoms with Crippen molar-refractivity contribution in [1.82, 2.24) is 14.4 Å². The topological polar surface area (TPSA) is 33.4 Å². The molecule has 1 aliphatic rings. The fourth-order valence-electron chi connectivity index (χ4n) is 1.56. The zero-order valence-corrected chi connectivity index (χ0v) is 11.0. The molecule has 0 aromatic carbocycles. The van der Waals surface area contributed by atoms with E-state index in [0.717, 1.165) is 29.0 Å². The Balaban J connectivity index is 0.000000963. The van der Waals surface area contributed by atoms with Crippen LogP contribution in [0.4, 0.5) is 5.82 Å². The number of nitrogens with zero attached hydrogens (tertiary/aromatic N) is 4. The fourth-order valence-corrected chi connectivity index (χ4v) is 2.11. The van der Waals surface area contributed by atoms with Crippen LogP contribution in [0.1, 0.15) is 6.42 Å². The number of anilines is 1. The number of hydrogen-bond donors (Lipinski definition) is 0. The van der Waals surface area contributed by atoms with Crippen molar-refractivity contribution in [3.8, 4) is 0 Å². The molecular formula is C9H7BrClLiN4. The Hall–Kier alpha value is -0.213. The maximum atomic E-state index is 6.01. The van der Waals surface area contributed by atoms with E-state index in [-0.39, 0.29) is 18.9 Å². The molecule has 78 valence electrons. The van der Waals surface area contributed by atoms with Gasteiger partial charge in [0.15, 0.2) is 5.65 Å². The minimum absolute atomic E-state index is 0. The van der Waals surface area contributed by atoms with Crippen LogP contribution in [0.2, 0.25) is 5.15 Å². The zero-order chi connectivity index (χ0) is 10.4. The SMILES string of the molecule is Clc1cnc2c(N3[CH-]CC3)nc(Br)cn12.[Li+]. The van der Waals surface area contributed by atoms with Crippen molar-refractivity contribution in [2.45, 2.75) is 6.42 Å². The Morgan fingerprint density at radius 1 is 1.50 bits per heavy atom. The molecule has 3 heterocycles. The van der Waals surface area contributed by atoms with Crippen molar-refractivity contribution in [1.29, 1.82) is 0 Å². The molecule has 3 rings (SSSR count). The summed E-state index contributed by atoms with van der Waals surface area (Å²) in [6.45, 7) is 3.08. The van der Waals surface area contributed by atoms with Crippen molar-refractivity contribution in [3.05, 3.63) is 28.7 Å². The molecule has 4 nitrogen and oxygen atoms in total. The average molecular weight is 293 g/mol. The van der Waals surface area contributed by atoms with E-state index in [4.69, 9.17) is 11.6 Å². The van der Waals surface area contributed by atoms with Gasteiger partial charge >= 0.3 is 18.9 Å². The predicted octanol–water partition coefficient (Wildman–Crippen LogP) is -0.479. The summed E-state index contributed by atoms with van der Waals surface area (Å²) in [6.07, 6.45) is 4.54. The Bertz CT molecular complexity index is 525. The van der Waals surface area contributed by atoms with Crippen LogP contribution in [0.25, 0.3) is 5.65 Å². The van der Waals surface area contributed by atoms with Crippen LogP contribution in [0.15, 0.2) is 17.0 Å². The van der Waals surface area contributed by atoms with Crippen LogP contribution in [-0.2, 0) is 0 Å². The number of fused-ring (bicyclic) bond motifs is 1. The van der Waals surface area contributed by atoms with Gasteiger partial charge in [-0.3, -0.25) is 4.40 Å². The summed E-state index contributed by atoms with van der Waals surface area (Å²) in [4.78, 5) is 10.7. The summed E-state index contributed by atoms with van der Waals surface area (Å²) in [7, 11) is 0. The van der Waals surface area contributed by atoms with E-state index >= 15 is 0 Å². The van der Waals surface area contributed by atoms with E-state index in [0.29, 0.717) is 5.15 Å². The molecule has 2 aromatic heterocycles. The van der Waals surface area contributed by atoms with Crippen LogP contribution in [0, 0.1) is 6.54 Å². The van der Waals surface area contributed by atoms with Crippen LogP contribution < -0.4 is 23.8 Å². The van der Waals surface area contributed by atoms with E-state index in [1.54, 1.807) is 6.20 Å². The van der Waals surface area contributed by atoms with Gasteiger partial charge in [0.1, 0.15) is 15.6 Å². The molecule has 16 heavy (non-hydrogen) atoms. The van der Waals surface area contributed by atoms with Gasteiger partial charge in [0, 0.05) is 6.20 Å². The van der Waals surface area contributed by atoms with Gasteiger partial charge in [-0.25, -0.2) is 16.5 Å². The number of imidazole rings is 1. The van der Waals surface area contributed by atoms with Crippen molar-refractivity contribution in [2.24, 2.45) is 0 Å². The Labute approximate surface area is 118 Å². The largest absolute Gasteiger partial charge is 1.00 e. The number of aromatic nitrogens is 3. The van der Waals surface area contributed by atoms with Crippen molar-refractivity contribution < 1.29 is 18.9 Å². The molecule has 1 aliphatic heterocycles. The minimum Gasteiger partial charge on any atom is -0.506 e. The zero-order valence-electron chi connectivity index (χ0n) is 8.69. The van der Waals surface area contributed by atoms with E-state index in [1.165, 1.54) is 0 Å². The molecule has 0 radical (unpaired) electrons. The molecule has 0 unspecified atom stereocenters. The average Bonchev–Trinajstić information content (AvgIpc) is 2.45. The second-order valence-electron chi connectivity index (χ2n) is 3.33. The second kappa shape index (κ2) is 4.58. The van der Waals surface area contributed by atoms with E-state index < -0.39 is 0 Å². The number of rotatable bonds is 1. The Kier molecular flexibility index (Phi) is 3.50. The molecule has 0 saturated carbocycles. The molecule has 7 heteroatoms. The molecule has 2 aromatic rings. The molecule has 1 saturated heterocycles. The first-order valence-corrected chi connectivity index (χ1v) is 5.72. The third-order valence-corrected chi connectivity index (χ3v) is 3.05. The van der Waals surface area contributed by atoms with Gasteiger partial charge in [-0.15, -0.1) is 6.42 Å². The first kappa shape index (κ1) is 12.2. The van der Waals surface area contributed by atoms with Gasteiger partial charge in [0.25, 0.3) is 0 Å². The standard InChI is InChI=1S/C9H7BrClN4.Li/c10-6-5-15-7(11)4-12-8(15)9(13-6)14-2-1-3-14;/h2,4-5H,1,3H2;/q-1;+1. The van der Waals surface area contributed by atoms with Gasteiger partial charge in [0.05, 0.1) is 6.20 Å². The van der Waals surface area contributed by atoms with Gasteiger partial charge in [-0.2, -0.15) is 0 Å². The first-order valence-electron chi connectivity index (χ1n) is 4.55. The van der Waals surface area contributed by atoms with E-state index in [2.05, 4.69) is 37.3 Å². The Morgan fingerprint density at radius 2 is 2.25 bits per heavy atom. The van der Waals surface area contributed by atoms with Crippen molar-refractivity contribution >= 4 is 39.0 Å². The molecule has 0 aliphatic carbocycles. The van der Waals surface area contributed by atoms with Crippen LogP contribution in [0.5, 0.6) is 0 Å². The number of hydrogen-bond acceptors (Lipinski definition) is 3. The van der Waals surface area contributed by atoms with Gasteiger partial charge < -0.3 is 4.90 Å². The third-order valence-electron chi connectivity index (χ3n) is 2.39. The predicted molar refractivity (Wildman–Crippen MR) is 62.0 cm³/mol. The van der Waals surface area contributed by atoms with Crippen LogP contribution in [0.3, 0.4) is 0 Å². The van der Waals surface area contributed by atoms with Gasteiger partial charge in [0.2, 0.25) is 0 Å². The van der Waals surface area contributed by atoms with Crippen LogP contribution >= 0.6 is 27.5 Å². The summed E-state index contributed by atoms with van der Waals surface area (Å²) in [5, 5.41) is 0.592. The Morgan fingerprint density at radius 3 is 2.88 bits per heavy atom. The van der Waals surface area contributed by atoms with E-state index in [1.807, 2.05) is 10.6 Å². The maximum Gasteiger partial charge on any atom is 1.00 e. The summed E-state index contributed by atoms with van der Waals surface area (Å²) in [5.74, 6) is 0.850. The van der Waals surface area contributed by atoms with Gasteiger partial charge in [-0.05, 0) is 22.5 Å². The molecule has 1 fully saturated rings. The normalized spacial score (nSPS) is 14.8. The van der Waals surface area contributed by atoms with Crippen molar-refractivity contribution in [2.75, 3.05) is 11.4 Å². The molecule has 0 bridgehead atoms. The summed E-state index contributed by atoms with van der Waals surface area (Å²) in [6, 6.07) is 0. The van der Waals surface area contributed by atoms with Gasteiger partial charge in [-0.1, -0.05) is 11.6 Å². The monoisotopic (exact) mass is 292 g/mol. The minimum atomic E-state index is 0. The summed E-state index contributed by atoms with van der Waals surface area (Å²) in [5.41, 5.74) is 0.791. The first-order chi connectivity index (χ1) is 7.25. The summed E-state index contributed by atoms with van der Waals surface area (Å²) < 4.78 is 2.57. The quantitative estimate of drug-likeness (QED) is 0.526. The molecule has 0 spiro atoms. The number of halogens is 2. The smallest absolute Gasteiger partial charge is 0.506 e. The third kappa shape index (κ3) is 1.86. The van der Waals surface area contributed by atoms with E-state index in [9.17, 15) is 0 Å². The maximum absolute atomic E-state index is 6.01. The molecule has 0 amide bonds.